The van der Waals surface area contributed by atoms with E-state index in [1.165, 1.54) is 11.0 Å². The Hall–Kier alpha value is -1.20. The highest BCUT2D eigenvalue weighted by atomic mass is 32.2. The molecule has 0 bridgehead atoms. The van der Waals surface area contributed by atoms with Gasteiger partial charge in [0.15, 0.2) is 16.9 Å². The zero-order valence-corrected chi connectivity index (χ0v) is 15.0. The molecule has 3 aliphatic rings. The van der Waals surface area contributed by atoms with Gasteiger partial charge in [0.05, 0.1) is 25.3 Å². The van der Waals surface area contributed by atoms with Crippen molar-refractivity contribution < 1.29 is 31.0 Å². The largest absolute Gasteiger partial charge is 0.441 e. The van der Waals surface area contributed by atoms with Crippen molar-refractivity contribution in [2.45, 2.75) is 23.2 Å². The predicted octanol–water partition coefficient (Wildman–Crippen LogP) is 1.72. The van der Waals surface area contributed by atoms with E-state index in [1.807, 2.05) is 0 Å². The molecule has 10 heteroatoms. The lowest BCUT2D eigenvalue weighted by molar-refractivity contribution is 0.106. The van der Waals surface area contributed by atoms with Gasteiger partial charge in [0, 0.05) is 6.42 Å². The van der Waals surface area contributed by atoms with E-state index in [1.54, 1.807) is 19.2 Å². The second kappa shape index (κ2) is 6.20. The number of carbonyl (C=O) groups is 1. The maximum absolute atomic E-state index is 14.6. The third kappa shape index (κ3) is 3.06. The van der Waals surface area contributed by atoms with Crippen molar-refractivity contribution in [1.82, 2.24) is 0 Å². The Morgan fingerprint density at radius 1 is 1.56 bits per heavy atom. The summed E-state index contributed by atoms with van der Waals surface area (Å²) in [4.78, 5) is 13.2. The summed E-state index contributed by atoms with van der Waals surface area (Å²) in [6.45, 7) is -0.0643. The first-order valence-electron chi connectivity index (χ1n) is 7.72. The molecule has 7 nitrogen and oxygen atoms in total. The molecule has 25 heavy (non-hydrogen) atoms. The Morgan fingerprint density at radius 2 is 2.36 bits per heavy atom. The van der Waals surface area contributed by atoms with Gasteiger partial charge in [-0.1, -0.05) is 6.07 Å². The van der Waals surface area contributed by atoms with Crippen LogP contribution in [0.2, 0.25) is 0 Å². The molecule has 1 amide bonds. The minimum absolute atomic E-state index is 0.0452. The molecule has 1 spiro atoms. The quantitative estimate of drug-likeness (QED) is 0.452. The van der Waals surface area contributed by atoms with Crippen LogP contribution in [0.15, 0.2) is 18.2 Å². The van der Waals surface area contributed by atoms with Crippen LogP contribution in [0.3, 0.4) is 0 Å². The molecule has 1 aliphatic carbocycles. The van der Waals surface area contributed by atoms with E-state index >= 15 is 0 Å². The number of hydrogen-bond donors (Lipinski definition) is 1. The van der Waals surface area contributed by atoms with Crippen LogP contribution in [0.4, 0.5) is 14.9 Å². The minimum Gasteiger partial charge on any atom is -0.441 e. The number of hydrogen-bond acceptors (Lipinski definition) is 5. The van der Waals surface area contributed by atoms with Gasteiger partial charge in [-0.25, -0.2) is 9.18 Å². The van der Waals surface area contributed by atoms with Gasteiger partial charge in [0.1, 0.15) is 18.5 Å². The predicted molar refractivity (Wildman–Crippen MR) is 90.1 cm³/mol. The summed E-state index contributed by atoms with van der Waals surface area (Å²) >= 11 is -2.46. The van der Waals surface area contributed by atoms with E-state index in [0.717, 1.165) is 12.2 Å². The van der Waals surface area contributed by atoms with E-state index in [4.69, 9.17) is 13.5 Å². The number of carbonyl (C=O) groups excluding carboxylic acids is 1. The number of ether oxygens (including phenoxy) is 1. The molecule has 1 aromatic rings. The van der Waals surface area contributed by atoms with Gasteiger partial charge in [-0.3, -0.25) is 13.6 Å². The van der Waals surface area contributed by atoms with Gasteiger partial charge in [-0.15, -0.1) is 0 Å². The Bertz CT molecular complexity index is 749. The van der Waals surface area contributed by atoms with Crippen LogP contribution >= 0.6 is 0 Å². The van der Waals surface area contributed by atoms with E-state index in [2.05, 4.69) is 4.18 Å². The smallest absolute Gasteiger partial charge is 0.414 e. The number of anilines is 1. The van der Waals surface area contributed by atoms with Crippen LogP contribution in [0.25, 0.3) is 0 Å². The molecule has 136 valence electrons. The Balaban J connectivity index is 1.44. The standard InChI is InChI=1S/C15H16FNO6S2/c1-21-24-8-15(24)5-12(15)11-3-2-9(4-13(11)16)17-6-10(23-14(17)18)7-22-25(19)20/h2-4,10,12H,5-8H2,1H3/p+1. The maximum atomic E-state index is 14.6. The molecule has 2 aliphatic heterocycles. The molecule has 1 N–H and O–H groups in total. The van der Waals surface area contributed by atoms with E-state index in [9.17, 15) is 13.4 Å². The van der Waals surface area contributed by atoms with Crippen LogP contribution in [0.1, 0.15) is 17.9 Å². The summed E-state index contributed by atoms with van der Waals surface area (Å²) in [5.41, 5.74) is 1.06. The second-order valence-electron chi connectivity index (χ2n) is 6.30. The summed E-state index contributed by atoms with van der Waals surface area (Å²) in [6.07, 6.45) is -0.354. The third-order valence-electron chi connectivity index (χ3n) is 4.87. The van der Waals surface area contributed by atoms with Crippen LogP contribution in [0, 0.1) is 5.82 Å². The molecule has 5 atom stereocenters. The van der Waals surface area contributed by atoms with Gasteiger partial charge in [-0.2, -0.15) is 8.39 Å². The zero-order valence-electron chi connectivity index (χ0n) is 13.3. The van der Waals surface area contributed by atoms with Gasteiger partial charge in [0.2, 0.25) is 4.75 Å². The van der Waals surface area contributed by atoms with Crippen molar-refractivity contribution >= 4 is 34.3 Å². The number of amides is 1. The average Bonchev–Trinajstić information content (AvgIpc) is 3.44. The molecule has 1 saturated carbocycles. The number of nitrogens with zero attached hydrogens (tertiary/aromatic N) is 1. The van der Waals surface area contributed by atoms with Crippen LogP contribution in [0.5, 0.6) is 0 Å². The first-order valence-corrected chi connectivity index (χ1v) is 10.1. The van der Waals surface area contributed by atoms with Crippen molar-refractivity contribution in [3.05, 3.63) is 29.6 Å². The summed E-state index contributed by atoms with van der Waals surface area (Å²) in [5.74, 6) is 0.854. The Kier molecular flexibility index (Phi) is 4.27. The molecule has 3 fully saturated rings. The minimum atomic E-state index is -2.42. The lowest BCUT2D eigenvalue weighted by Crippen LogP contribution is -2.26. The molecule has 2 saturated heterocycles. The number of rotatable bonds is 6. The molecule has 0 aromatic heterocycles. The lowest BCUT2D eigenvalue weighted by atomic mass is 10.1. The summed E-state index contributed by atoms with van der Waals surface area (Å²) < 4.78 is 48.8. The van der Waals surface area contributed by atoms with Crippen LogP contribution in [-0.2, 0) is 35.6 Å². The SMILES string of the molecule is CO[S+]1CC12CC2c1ccc(N2CC(COS(=O)O)OC2=O)cc1F. The highest BCUT2D eigenvalue weighted by molar-refractivity contribution is 8.01. The van der Waals surface area contributed by atoms with Gasteiger partial charge < -0.3 is 4.74 Å². The molecule has 0 radical (unpaired) electrons. The van der Waals surface area contributed by atoms with Crippen molar-refractivity contribution in [1.29, 1.82) is 0 Å². The molecular formula is C15H17FNO6S2+. The fraction of sp³-hybridized carbons (Fsp3) is 0.533. The Labute approximate surface area is 149 Å². The van der Waals surface area contributed by atoms with Gasteiger partial charge in [-0.05, 0) is 17.7 Å². The summed E-state index contributed by atoms with van der Waals surface area (Å²) in [7, 11) is 1.69. The molecule has 4 rings (SSSR count). The number of cyclic esters (lactones) is 1. The second-order valence-corrected chi connectivity index (χ2v) is 9.10. The monoisotopic (exact) mass is 390 g/mol. The third-order valence-corrected chi connectivity index (χ3v) is 7.54. The zero-order chi connectivity index (χ0) is 17.8. The average molecular weight is 390 g/mol. The topological polar surface area (TPSA) is 85.3 Å². The first kappa shape index (κ1) is 17.2. The molecular weight excluding hydrogens is 373 g/mol. The summed E-state index contributed by atoms with van der Waals surface area (Å²) in [5, 5.41) is 0. The number of halogens is 1. The van der Waals surface area contributed by atoms with Crippen molar-refractivity contribution in [3.8, 4) is 0 Å². The van der Waals surface area contributed by atoms with Crippen molar-refractivity contribution in [3.63, 3.8) is 0 Å². The van der Waals surface area contributed by atoms with E-state index < -0.39 is 23.6 Å². The van der Waals surface area contributed by atoms with E-state index in [0.29, 0.717) is 11.3 Å². The van der Waals surface area contributed by atoms with Crippen LogP contribution in [-0.4, -0.2) is 51.7 Å². The van der Waals surface area contributed by atoms with Gasteiger partial charge >= 0.3 is 17.5 Å². The highest BCUT2D eigenvalue weighted by Gasteiger charge is 2.85. The summed E-state index contributed by atoms with van der Waals surface area (Å²) in [6, 6.07) is 4.76. The van der Waals surface area contributed by atoms with Crippen LogP contribution < -0.4 is 4.90 Å². The fourth-order valence-electron chi connectivity index (χ4n) is 3.43. The van der Waals surface area contributed by atoms with Gasteiger partial charge in [0.25, 0.3) is 0 Å². The normalized spacial score (nSPS) is 34.3. The lowest BCUT2D eigenvalue weighted by Gasteiger charge is -2.14. The van der Waals surface area contributed by atoms with Crippen molar-refractivity contribution in [2.24, 2.45) is 0 Å². The molecule has 5 unspecified atom stereocenters. The molecule has 1 aromatic carbocycles. The fourth-order valence-corrected chi connectivity index (χ4v) is 5.79. The highest BCUT2D eigenvalue weighted by Crippen LogP contribution is 2.68. The number of benzene rings is 1. The van der Waals surface area contributed by atoms with Crippen molar-refractivity contribution in [2.75, 3.05) is 30.9 Å². The molecule has 2 heterocycles. The Morgan fingerprint density at radius 3 is 3.00 bits per heavy atom. The van der Waals surface area contributed by atoms with E-state index in [-0.39, 0.29) is 40.8 Å². The maximum Gasteiger partial charge on any atom is 0.414 e. The first-order chi connectivity index (χ1) is 11.9.